The average Bonchev–Trinajstić information content (AvgIpc) is 1.83. The van der Waals surface area contributed by atoms with E-state index in [-0.39, 0.29) is 17.8 Å². The first kappa shape index (κ1) is 12.5. The fraction of sp³-hybridized carbons (Fsp3) is 1.00. The smallest absolute Gasteiger partial charge is 0.0458 e. The maximum absolute atomic E-state index is 5.66. The van der Waals surface area contributed by atoms with E-state index >= 15 is 0 Å². The number of halogens is 3. The van der Waals surface area contributed by atoms with Crippen LogP contribution in [-0.4, -0.2) is 17.8 Å². The van der Waals surface area contributed by atoms with Gasteiger partial charge in [0.05, 0.1) is 0 Å². The van der Waals surface area contributed by atoms with E-state index in [4.69, 9.17) is 28.9 Å². The van der Waals surface area contributed by atoms with Crippen molar-refractivity contribution in [3.8, 4) is 0 Å². The summed E-state index contributed by atoms with van der Waals surface area (Å²) in [4.78, 5) is 0. The lowest BCUT2D eigenvalue weighted by molar-refractivity contribution is 0.739. The van der Waals surface area contributed by atoms with Crippen LogP contribution >= 0.6 is 35.6 Å². The molecule has 0 aliphatic carbocycles. The Bertz CT molecular complexity index is 51.5. The van der Waals surface area contributed by atoms with Gasteiger partial charge in [0.1, 0.15) is 0 Å². The van der Waals surface area contributed by atoms with E-state index in [1.54, 1.807) is 0 Å². The fourth-order valence-corrected chi connectivity index (χ4v) is 0.725. The van der Waals surface area contributed by atoms with Gasteiger partial charge >= 0.3 is 0 Å². The van der Waals surface area contributed by atoms with Crippen LogP contribution in [0.15, 0.2) is 0 Å². The van der Waals surface area contributed by atoms with Crippen molar-refractivity contribution >= 4 is 35.6 Å². The molecule has 0 saturated carbocycles. The van der Waals surface area contributed by atoms with Gasteiger partial charge < -0.3 is 5.73 Å². The molecule has 0 aromatic heterocycles. The third-order valence-corrected chi connectivity index (χ3v) is 1.57. The molecule has 0 saturated heterocycles. The van der Waals surface area contributed by atoms with Gasteiger partial charge in [-0.2, -0.15) is 0 Å². The Morgan fingerprint density at radius 1 is 1.44 bits per heavy atom. The highest BCUT2D eigenvalue weighted by Gasteiger charge is 1.98. The molecule has 0 radical (unpaired) electrons. The first-order valence-electron chi connectivity index (χ1n) is 2.71. The summed E-state index contributed by atoms with van der Waals surface area (Å²) in [5.41, 5.74) is 5.24. The molecule has 0 aliphatic rings. The van der Waals surface area contributed by atoms with Crippen molar-refractivity contribution < 1.29 is 0 Å². The zero-order valence-corrected chi connectivity index (χ0v) is 7.48. The van der Waals surface area contributed by atoms with Gasteiger partial charge in [-0.25, -0.2) is 0 Å². The van der Waals surface area contributed by atoms with Gasteiger partial charge in [0.2, 0.25) is 0 Å². The number of hydrogen-bond acceptors (Lipinski definition) is 1. The molecule has 1 nitrogen and oxygen atoms in total. The lowest BCUT2D eigenvalue weighted by Crippen LogP contribution is -2.13. The van der Waals surface area contributed by atoms with Crippen molar-refractivity contribution in [1.82, 2.24) is 0 Å². The summed E-state index contributed by atoms with van der Waals surface area (Å²) in [5.74, 6) is 0.684. The molecule has 4 heteroatoms. The van der Waals surface area contributed by atoms with E-state index in [1.165, 1.54) is 0 Å². The molecule has 0 aromatic carbocycles. The largest absolute Gasteiger partial charge is 0.329 e. The zero-order valence-electron chi connectivity index (χ0n) is 5.15. The zero-order chi connectivity index (χ0) is 6.41. The van der Waals surface area contributed by atoms with Crippen LogP contribution in [0, 0.1) is 0 Å². The molecule has 0 spiro atoms. The summed E-state index contributed by atoms with van der Waals surface area (Å²) in [6.07, 6.45) is 1.90. The van der Waals surface area contributed by atoms with Crippen LogP contribution < -0.4 is 5.73 Å². The van der Waals surface area contributed by atoms with Crippen molar-refractivity contribution in [1.29, 1.82) is 0 Å². The van der Waals surface area contributed by atoms with Crippen molar-refractivity contribution in [3.63, 3.8) is 0 Å². The first-order valence-corrected chi connectivity index (χ1v) is 3.68. The number of alkyl halides is 2. The van der Waals surface area contributed by atoms with Gasteiger partial charge in [0.15, 0.2) is 0 Å². The second-order valence-electron chi connectivity index (χ2n) is 1.66. The molecule has 0 heterocycles. The van der Waals surface area contributed by atoms with Gasteiger partial charge in [-0.05, 0) is 12.8 Å². The Hall–Kier alpha value is 0.830. The predicted octanol–water partition coefficient (Wildman–Crippen LogP) is 1.99. The molecule has 2 N–H and O–H groups in total. The second kappa shape index (κ2) is 8.83. The Labute approximate surface area is 72.3 Å². The molecule has 9 heavy (non-hydrogen) atoms. The van der Waals surface area contributed by atoms with E-state index in [1.807, 2.05) is 0 Å². The maximum atomic E-state index is 5.66. The Morgan fingerprint density at radius 3 is 2.33 bits per heavy atom. The van der Waals surface area contributed by atoms with Gasteiger partial charge in [-0.1, -0.05) is 0 Å². The highest BCUT2D eigenvalue weighted by molar-refractivity contribution is 6.21. The number of hydrogen-bond donors (Lipinski definition) is 1. The van der Waals surface area contributed by atoms with E-state index in [9.17, 15) is 0 Å². The quantitative estimate of drug-likeness (QED) is 0.678. The minimum Gasteiger partial charge on any atom is -0.329 e. The van der Waals surface area contributed by atoms with Crippen LogP contribution in [0.4, 0.5) is 0 Å². The molecule has 0 aliphatic heterocycles. The maximum Gasteiger partial charge on any atom is 0.0458 e. The predicted molar refractivity (Wildman–Crippen MR) is 45.9 cm³/mol. The molecule has 0 amide bonds. The number of rotatable bonds is 4. The van der Waals surface area contributed by atoms with Crippen LogP contribution in [0.25, 0.3) is 0 Å². The van der Waals surface area contributed by atoms with Crippen molar-refractivity contribution in [2.75, 3.05) is 12.4 Å². The summed E-state index contributed by atoms with van der Waals surface area (Å²) in [6.45, 7) is 0.554. The second-order valence-corrected chi connectivity index (χ2v) is 2.66. The number of nitrogens with two attached hydrogens (primary N) is 1. The molecule has 1 atom stereocenters. The Kier molecular flexibility index (Phi) is 12.3. The van der Waals surface area contributed by atoms with Gasteiger partial charge in [-0.15, -0.1) is 35.6 Å². The highest BCUT2D eigenvalue weighted by atomic mass is 35.5. The van der Waals surface area contributed by atoms with Crippen molar-refractivity contribution in [2.24, 2.45) is 5.73 Å². The molecular formula is C5H12Cl3N. The summed E-state index contributed by atoms with van der Waals surface area (Å²) in [6, 6.07) is 0. The van der Waals surface area contributed by atoms with Crippen LogP contribution in [0.5, 0.6) is 0 Å². The summed E-state index contributed by atoms with van der Waals surface area (Å²) < 4.78 is 0. The van der Waals surface area contributed by atoms with Crippen LogP contribution in [0.2, 0.25) is 0 Å². The standard InChI is InChI=1S/C5H11Cl2N.ClH/c6-3-1-2-5(7)4-8;/h5H,1-4,8H2;1H. The lowest BCUT2D eigenvalue weighted by Gasteiger charge is -2.01. The molecule has 0 rings (SSSR count). The monoisotopic (exact) mass is 191 g/mol. The van der Waals surface area contributed by atoms with Gasteiger partial charge in [-0.3, -0.25) is 0 Å². The van der Waals surface area contributed by atoms with Gasteiger partial charge in [0, 0.05) is 17.8 Å². The lowest BCUT2D eigenvalue weighted by atomic mass is 10.2. The van der Waals surface area contributed by atoms with Crippen LogP contribution in [0.3, 0.4) is 0 Å². The molecule has 0 fully saturated rings. The van der Waals surface area contributed by atoms with Crippen molar-refractivity contribution in [3.05, 3.63) is 0 Å². The van der Waals surface area contributed by atoms with Crippen LogP contribution in [-0.2, 0) is 0 Å². The molecule has 1 unspecified atom stereocenters. The third-order valence-electron chi connectivity index (χ3n) is 0.907. The fourth-order valence-electron chi connectivity index (χ4n) is 0.416. The Balaban J connectivity index is 0. The van der Waals surface area contributed by atoms with E-state index in [0.29, 0.717) is 12.4 Å². The normalized spacial score (nSPS) is 12.3. The van der Waals surface area contributed by atoms with E-state index in [0.717, 1.165) is 12.8 Å². The molecule has 0 aromatic rings. The Morgan fingerprint density at radius 2 is 2.00 bits per heavy atom. The SMILES string of the molecule is Cl.NCC(Cl)CCCCl. The van der Waals surface area contributed by atoms with E-state index < -0.39 is 0 Å². The summed E-state index contributed by atoms with van der Waals surface area (Å²) in [7, 11) is 0. The third kappa shape index (κ3) is 8.83. The molecule has 0 bridgehead atoms. The highest BCUT2D eigenvalue weighted by Crippen LogP contribution is 2.03. The van der Waals surface area contributed by atoms with Crippen LogP contribution in [0.1, 0.15) is 12.8 Å². The molecular weight excluding hydrogens is 180 g/mol. The minimum atomic E-state index is 0. The summed E-state index contributed by atoms with van der Waals surface area (Å²) >= 11 is 11.1. The van der Waals surface area contributed by atoms with Crippen molar-refractivity contribution in [2.45, 2.75) is 18.2 Å². The topological polar surface area (TPSA) is 26.0 Å². The summed E-state index contributed by atoms with van der Waals surface area (Å²) in [5, 5.41) is 0.119. The minimum absolute atomic E-state index is 0. The average molecular weight is 193 g/mol. The van der Waals surface area contributed by atoms with Gasteiger partial charge in [0.25, 0.3) is 0 Å². The molecule has 58 valence electrons. The van der Waals surface area contributed by atoms with E-state index in [2.05, 4.69) is 0 Å². The first-order chi connectivity index (χ1) is 3.81.